The first kappa shape index (κ1) is 19.8. The Bertz CT molecular complexity index is 1310. The van der Waals surface area contributed by atoms with Crippen LogP contribution in [0.4, 0.5) is 5.69 Å². The zero-order valence-corrected chi connectivity index (χ0v) is 17.4. The highest BCUT2D eigenvalue weighted by atomic mass is 16.6. The zero-order valence-electron chi connectivity index (χ0n) is 17.4. The summed E-state index contributed by atoms with van der Waals surface area (Å²) in [5.41, 5.74) is 4.49. The van der Waals surface area contributed by atoms with Gasteiger partial charge in [0.15, 0.2) is 0 Å². The Hall–Kier alpha value is -4.13. The standard InChI is InChI=1S/C25H21N3O4/c1-32-19-11-12-22-21(15-19)20-13-14-27(25(29)17-5-3-2-4-6-17)24(23(20)26-22)16-7-9-18(10-8-16)28(30)31/h2-12,15,24,26H,13-14H2,1H3/t24-/m0/s1. The quantitative estimate of drug-likeness (QED) is 0.372. The second-order valence-electron chi connectivity index (χ2n) is 7.79. The number of non-ortho nitro benzene ring substituents is 1. The van der Waals surface area contributed by atoms with E-state index in [4.69, 9.17) is 4.74 Å². The highest BCUT2D eigenvalue weighted by Crippen LogP contribution is 2.40. The second-order valence-corrected chi connectivity index (χ2v) is 7.79. The molecule has 0 saturated carbocycles. The lowest BCUT2D eigenvalue weighted by atomic mass is 9.91. The van der Waals surface area contributed by atoms with Gasteiger partial charge < -0.3 is 14.6 Å². The van der Waals surface area contributed by atoms with Gasteiger partial charge >= 0.3 is 0 Å². The van der Waals surface area contributed by atoms with Gasteiger partial charge in [0.1, 0.15) is 5.75 Å². The number of fused-ring (bicyclic) bond motifs is 3. The molecule has 0 radical (unpaired) electrons. The maximum atomic E-state index is 13.5. The van der Waals surface area contributed by atoms with Gasteiger partial charge in [0.25, 0.3) is 11.6 Å². The predicted molar refractivity (Wildman–Crippen MR) is 121 cm³/mol. The Kier molecular flexibility index (Phi) is 4.86. The van der Waals surface area contributed by atoms with Crippen LogP contribution in [0.3, 0.4) is 0 Å². The number of rotatable bonds is 4. The summed E-state index contributed by atoms with van der Waals surface area (Å²) in [7, 11) is 1.64. The van der Waals surface area contributed by atoms with E-state index in [9.17, 15) is 14.9 Å². The molecule has 1 aliphatic rings. The van der Waals surface area contributed by atoms with Crippen LogP contribution in [0.25, 0.3) is 10.9 Å². The number of aromatic nitrogens is 1. The lowest BCUT2D eigenvalue weighted by molar-refractivity contribution is -0.384. The molecule has 0 unspecified atom stereocenters. The van der Waals surface area contributed by atoms with Gasteiger partial charge in [-0.2, -0.15) is 0 Å². The number of carbonyl (C=O) groups excluding carboxylic acids is 1. The molecular weight excluding hydrogens is 406 g/mol. The molecule has 0 aliphatic carbocycles. The molecule has 3 aromatic carbocycles. The molecule has 0 spiro atoms. The largest absolute Gasteiger partial charge is 0.497 e. The number of ether oxygens (including phenoxy) is 1. The molecule has 1 N–H and O–H groups in total. The highest BCUT2D eigenvalue weighted by Gasteiger charge is 2.35. The van der Waals surface area contributed by atoms with Crippen LogP contribution < -0.4 is 4.74 Å². The Morgan fingerprint density at radius 2 is 1.84 bits per heavy atom. The lowest BCUT2D eigenvalue weighted by Crippen LogP contribution is -2.40. The van der Waals surface area contributed by atoms with Crippen molar-refractivity contribution < 1.29 is 14.5 Å². The Labute approximate surface area is 184 Å². The molecule has 1 aliphatic heterocycles. The minimum absolute atomic E-state index is 0.0205. The molecule has 0 bridgehead atoms. The maximum absolute atomic E-state index is 13.5. The first-order valence-corrected chi connectivity index (χ1v) is 10.4. The van der Waals surface area contributed by atoms with Crippen molar-refractivity contribution in [3.05, 3.63) is 105 Å². The van der Waals surface area contributed by atoms with Crippen molar-refractivity contribution in [2.24, 2.45) is 0 Å². The SMILES string of the molecule is COc1ccc2[nH]c3c(c2c1)CCN(C(=O)c1ccccc1)[C@H]3c1ccc([N+](=O)[O-])cc1. The van der Waals surface area contributed by atoms with E-state index in [1.165, 1.54) is 12.1 Å². The second kappa shape index (κ2) is 7.85. The van der Waals surface area contributed by atoms with Gasteiger partial charge in [-0.25, -0.2) is 0 Å². The van der Waals surface area contributed by atoms with Crippen molar-refractivity contribution in [3.63, 3.8) is 0 Å². The summed E-state index contributed by atoms with van der Waals surface area (Å²) in [5, 5.41) is 12.2. The number of hydrogen-bond donors (Lipinski definition) is 1. The number of methoxy groups -OCH3 is 1. The third kappa shape index (κ3) is 3.28. The van der Waals surface area contributed by atoms with E-state index in [0.717, 1.165) is 33.5 Å². The van der Waals surface area contributed by atoms with Crippen LogP contribution in [-0.2, 0) is 6.42 Å². The average Bonchev–Trinajstić information content (AvgIpc) is 3.21. The molecule has 7 nitrogen and oxygen atoms in total. The summed E-state index contributed by atoms with van der Waals surface area (Å²) in [4.78, 5) is 29.5. The molecule has 1 amide bonds. The van der Waals surface area contributed by atoms with Gasteiger partial charge in [-0.3, -0.25) is 14.9 Å². The van der Waals surface area contributed by atoms with E-state index in [0.29, 0.717) is 18.5 Å². The van der Waals surface area contributed by atoms with Crippen LogP contribution >= 0.6 is 0 Å². The molecule has 1 aromatic heterocycles. The topological polar surface area (TPSA) is 88.5 Å². The molecule has 1 atom stereocenters. The predicted octanol–water partition coefficient (Wildman–Crippen LogP) is 4.87. The van der Waals surface area contributed by atoms with Crippen LogP contribution in [0.5, 0.6) is 5.75 Å². The van der Waals surface area contributed by atoms with Crippen LogP contribution in [0.2, 0.25) is 0 Å². The van der Waals surface area contributed by atoms with Crippen molar-refractivity contribution in [2.75, 3.05) is 13.7 Å². The van der Waals surface area contributed by atoms with Crippen molar-refractivity contribution in [3.8, 4) is 5.75 Å². The lowest BCUT2D eigenvalue weighted by Gasteiger charge is -2.36. The number of carbonyl (C=O) groups is 1. The van der Waals surface area contributed by atoms with E-state index in [1.807, 2.05) is 41.3 Å². The summed E-state index contributed by atoms with van der Waals surface area (Å²) in [6.45, 7) is 0.534. The fraction of sp³-hybridized carbons (Fsp3) is 0.160. The van der Waals surface area contributed by atoms with E-state index in [-0.39, 0.29) is 17.6 Å². The van der Waals surface area contributed by atoms with Gasteiger partial charge in [0.05, 0.1) is 18.1 Å². The summed E-state index contributed by atoms with van der Waals surface area (Å²) in [6.07, 6.45) is 0.699. The first-order chi connectivity index (χ1) is 15.6. The molecule has 2 heterocycles. The molecule has 7 heteroatoms. The number of nitrogens with one attached hydrogen (secondary N) is 1. The molecule has 32 heavy (non-hydrogen) atoms. The Morgan fingerprint density at radius 1 is 1.09 bits per heavy atom. The van der Waals surface area contributed by atoms with E-state index in [2.05, 4.69) is 4.98 Å². The monoisotopic (exact) mass is 427 g/mol. The zero-order chi connectivity index (χ0) is 22.2. The normalized spacial score (nSPS) is 15.4. The number of hydrogen-bond acceptors (Lipinski definition) is 4. The van der Waals surface area contributed by atoms with Crippen molar-refractivity contribution >= 4 is 22.5 Å². The van der Waals surface area contributed by atoms with Gasteiger partial charge in [-0.15, -0.1) is 0 Å². The molecule has 0 saturated heterocycles. The number of nitrogens with zero attached hydrogens (tertiary/aromatic N) is 2. The fourth-order valence-corrected chi connectivity index (χ4v) is 4.48. The maximum Gasteiger partial charge on any atom is 0.269 e. The summed E-state index contributed by atoms with van der Waals surface area (Å²) in [6, 6.07) is 21.1. The van der Waals surface area contributed by atoms with Crippen molar-refractivity contribution in [2.45, 2.75) is 12.5 Å². The summed E-state index contributed by atoms with van der Waals surface area (Å²) in [5.74, 6) is 0.699. The van der Waals surface area contributed by atoms with Crippen molar-refractivity contribution in [1.82, 2.24) is 9.88 Å². The minimum Gasteiger partial charge on any atom is -0.497 e. The summed E-state index contributed by atoms with van der Waals surface area (Å²) >= 11 is 0. The molecule has 4 aromatic rings. The van der Waals surface area contributed by atoms with Crippen molar-refractivity contribution in [1.29, 1.82) is 0 Å². The van der Waals surface area contributed by atoms with Crippen LogP contribution in [-0.4, -0.2) is 34.4 Å². The van der Waals surface area contributed by atoms with Crippen LogP contribution in [0.15, 0.2) is 72.8 Å². The number of nitro benzene ring substituents is 1. The first-order valence-electron chi connectivity index (χ1n) is 10.4. The van der Waals surface area contributed by atoms with Gasteiger partial charge in [0, 0.05) is 40.8 Å². The number of aromatic amines is 1. The number of amides is 1. The number of H-pyrrole nitrogens is 1. The Balaban J connectivity index is 1.66. The van der Waals surface area contributed by atoms with Gasteiger partial charge in [-0.05, 0) is 60.0 Å². The number of benzene rings is 3. The minimum atomic E-state index is -0.418. The van der Waals surface area contributed by atoms with E-state index in [1.54, 1.807) is 31.4 Å². The smallest absolute Gasteiger partial charge is 0.269 e. The average molecular weight is 427 g/mol. The molecule has 0 fully saturated rings. The number of nitro groups is 1. The third-order valence-corrected chi connectivity index (χ3v) is 6.04. The highest BCUT2D eigenvalue weighted by molar-refractivity contribution is 5.95. The Morgan fingerprint density at radius 3 is 2.53 bits per heavy atom. The molecule has 5 rings (SSSR count). The van der Waals surface area contributed by atoms with Gasteiger partial charge in [0.2, 0.25) is 0 Å². The van der Waals surface area contributed by atoms with E-state index >= 15 is 0 Å². The van der Waals surface area contributed by atoms with E-state index < -0.39 is 4.92 Å². The molecular formula is C25H21N3O4. The molecule has 160 valence electrons. The third-order valence-electron chi connectivity index (χ3n) is 6.04. The summed E-state index contributed by atoms with van der Waals surface area (Å²) < 4.78 is 5.40. The van der Waals surface area contributed by atoms with Crippen LogP contribution in [0.1, 0.15) is 33.2 Å². The van der Waals surface area contributed by atoms with Gasteiger partial charge in [-0.1, -0.05) is 18.2 Å². The van der Waals surface area contributed by atoms with Crippen LogP contribution in [0, 0.1) is 10.1 Å². The fourth-order valence-electron chi connectivity index (χ4n) is 4.48.